The number of nitrogens with two attached hydrogens (primary N) is 1. The van der Waals surface area contributed by atoms with Gasteiger partial charge in [0.1, 0.15) is 5.66 Å². The Hall–Kier alpha value is -3.64. The number of nitrogens with zero attached hydrogens (tertiary/aromatic N) is 4. The molecule has 5 rings (SSSR count). The van der Waals surface area contributed by atoms with E-state index in [2.05, 4.69) is 9.98 Å². The lowest BCUT2D eigenvalue weighted by Crippen LogP contribution is -2.58. The van der Waals surface area contributed by atoms with Gasteiger partial charge in [0, 0.05) is 0 Å². The molecule has 6 nitrogen and oxygen atoms in total. The lowest BCUT2D eigenvalue weighted by atomic mass is 9.80. The highest BCUT2D eigenvalue weighted by atomic mass is 35.5. The van der Waals surface area contributed by atoms with Crippen LogP contribution in [0.4, 0.5) is 5.69 Å². The van der Waals surface area contributed by atoms with Crippen LogP contribution in [0.5, 0.6) is 0 Å². The molecule has 0 spiro atoms. The fourth-order valence-corrected chi connectivity index (χ4v) is 4.77. The van der Waals surface area contributed by atoms with Crippen LogP contribution in [0.1, 0.15) is 30.5 Å². The molecule has 3 aromatic rings. The zero-order valence-electron chi connectivity index (χ0n) is 18.8. The number of aliphatic imine (C=N–C) groups is 2. The first-order valence-electron chi connectivity index (χ1n) is 10.6. The maximum absolute atomic E-state index is 14.6. The van der Waals surface area contributed by atoms with Gasteiger partial charge in [-0.15, -0.1) is 12.4 Å². The molecule has 0 saturated carbocycles. The highest BCUT2D eigenvalue weighted by Crippen LogP contribution is 2.49. The summed E-state index contributed by atoms with van der Waals surface area (Å²) in [5.41, 5.74) is 7.72. The van der Waals surface area contributed by atoms with Gasteiger partial charge in [-0.3, -0.25) is 9.69 Å². The third-order valence-electron chi connectivity index (χ3n) is 6.07. The largest absolute Gasteiger partial charge is 0.368 e. The summed E-state index contributed by atoms with van der Waals surface area (Å²) in [6.07, 6.45) is 0. The molecule has 2 N–H and O–H groups in total. The lowest BCUT2D eigenvalue weighted by molar-refractivity contribution is -0.125. The standard InChI is InChI=1S/C26H25N5O.ClH/c1-18-14-16-21(17-15-18)30-22(32)26(19-10-6-4-7-11-19,20-12-8-5-9-13-20)31-24(30)28-23(27)29-25(31,2)3;/h4-17H,1-3H3,(H2,27,29);1H. The summed E-state index contributed by atoms with van der Waals surface area (Å²) in [6.45, 7) is 5.94. The van der Waals surface area contributed by atoms with Crippen molar-refractivity contribution in [2.45, 2.75) is 32.0 Å². The molecule has 0 radical (unpaired) electrons. The summed E-state index contributed by atoms with van der Waals surface area (Å²) >= 11 is 0. The average Bonchev–Trinajstić information content (AvgIpc) is 3.05. The number of rotatable bonds is 3. The number of carbonyl (C=O) groups is 1. The highest BCUT2D eigenvalue weighted by Gasteiger charge is 2.63. The van der Waals surface area contributed by atoms with Crippen LogP contribution in [-0.4, -0.2) is 28.4 Å². The number of guanidine groups is 2. The number of benzene rings is 3. The van der Waals surface area contributed by atoms with Crippen LogP contribution in [0.2, 0.25) is 0 Å². The fourth-order valence-electron chi connectivity index (χ4n) is 4.77. The van der Waals surface area contributed by atoms with Gasteiger partial charge in [-0.2, -0.15) is 4.99 Å². The van der Waals surface area contributed by atoms with Crippen molar-refractivity contribution in [3.05, 3.63) is 102 Å². The second kappa shape index (κ2) is 8.05. The first-order valence-corrected chi connectivity index (χ1v) is 10.6. The van der Waals surface area contributed by atoms with Gasteiger partial charge >= 0.3 is 0 Å². The van der Waals surface area contributed by atoms with Crippen molar-refractivity contribution in [2.75, 3.05) is 4.90 Å². The van der Waals surface area contributed by atoms with Crippen LogP contribution in [0.3, 0.4) is 0 Å². The van der Waals surface area contributed by atoms with Crippen molar-refractivity contribution in [1.82, 2.24) is 4.90 Å². The second-order valence-corrected chi connectivity index (χ2v) is 8.63. The van der Waals surface area contributed by atoms with Gasteiger partial charge < -0.3 is 5.73 Å². The monoisotopic (exact) mass is 459 g/mol. The molecular weight excluding hydrogens is 434 g/mol. The van der Waals surface area contributed by atoms with E-state index in [4.69, 9.17) is 5.73 Å². The topological polar surface area (TPSA) is 74.3 Å². The number of hydrogen-bond acceptors (Lipinski definition) is 5. The Morgan fingerprint density at radius 2 is 1.33 bits per heavy atom. The highest BCUT2D eigenvalue weighted by molar-refractivity contribution is 6.28. The molecule has 1 fully saturated rings. The van der Waals surface area contributed by atoms with Gasteiger partial charge in [-0.25, -0.2) is 9.89 Å². The van der Waals surface area contributed by atoms with E-state index in [1.807, 2.05) is 111 Å². The van der Waals surface area contributed by atoms with E-state index in [1.54, 1.807) is 4.90 Å². The molecule has 2 aliphatic rings. The van der Waals surface area contributed by atoms with Gasteiger partial charge in [0.05, 0.1) is 5.69 Å². The van der Waals surface area contributed by atoms with E-state index in [9.17, 15) is 4.79 Å². The van der Waals surface area contributed by atoms with Gasteiger partial charge in [0.25, 0.3) is 5.91 Å². The molecule has 0 aromatic heterocycles. The number of anilines is 1. The molecule has 2 aliphatic heterocycles. The number of amides is 1. The van der Waals surface area contributed by atoms with Crippen LogP contribution in [-0.2, 0) is 10.3 Å². The van der Waals surface area contributed by atoms with E-state index in [1.165, 1.54) is 0 Å². The summed E-state index contributed by atoms with van der Waals surface area (Å²) in [4.78, 5) is 27.5. The van der Waals surface area contributed by atoms with Crippen molar-refractivity contribution >= 4 is 35.9 Å². The van der Waals surface area contributed by atoms with Gasteiger partial charge in [-0.1, -0.05) is 78.4 Å². The molecule has 1 amide bonds. The predicted molar refractivity (Wildman–Crippen MR) is 135 cm³/mol. The minimum Gasteiger partial charge on any atom is -0.368 e. The minimum absolute atomic E-state index is 0. The molecule has 0 aliphatic carbocycles. The third-order valence-corrected chi connectivity index (χ3v) is 6.07. The number of carbonyl (C=O) groups excluding carboxylic acids is 1. The van der Waals surface area contributed by atoms with Crippen molar-refractivity contribution < 1.29 is 4.79 Å². The average molecular weight is 460 g/mol. The Morgan fingerprint density at radius 3 is 1.85 bits per heavy atom. The summed E-state index contributed by atoms with van der Waals surface area (Å²) in [6, 6.07) is 27.5. The van der Waals surface area contributed by atoms with Crippen molar-refractivity contribution in [2.24, 2.45) is 15.7 Å². The van der Waals surface area contributed by atoms with Crippen LogP contribution in [0.15, 0.2) is 94.9 Å². The number of aryl methyl sites for hydroxylation is 1. The van der Waals surface area contributed by atoms with E-state index >= 15 is 0 Å². The summed E-state index contributed by atoms with van der Waals surface area (Å²) in [7, 11) is 0. The Morgan fingerprint density at radius 1 is 0.818 bits per heavy atom. The van der Waals surface area contributed by atoms with Gasteiger partial charge in [0.2, 0.25) is 11.9 Å². The zero-order chi connectivity index (χ0) is 22.5. The molecule has 0 unspecified atom stereocenters. The lowest BCUT2D eigenvalue weighted by Gasteiger charge is -2.46. The Bertz CT molecular complexity index is 1200. The normalized spacial score (nSPS) is 18.2. The maximum atomic E-state index is 14.6. The fraction of sp³-hybridized carbons (Fsp3) is 0.192. The van der Waals surface area contributed by atoms with Gasteiger partial charge in [-0.05, 0) is 44.0 Å². The van der Waals surface area contributed by atoms with Crippen LogP contribution >= 0.6 is 12.4 Å². The van der Waals surface area contributed by atoms with Crippen molar-refractivity contribution in [3.63, 3.8) is 0 Å². The predicted octanol–water partition coefficient (Wildman–Crippen LogP) is 4.43. The smallest absolute Gasteiger partial charge is 0.269 e. The van der Waals surface area contributed by atoms with Crippen LogP contribution in [0.25, 0.3) is 0 Å². The van der Waals surface area contributed by atoms with Crippen molar-refractivity contribution in [1.29, 1.82) is 0 Å². The van der Waals surface area contributed by atoms with E-state index in [-0.39, 0.29) is 24.3 Å². The Labute approximate surface area is 199 Å². The third kappa shape index (κ3) is 3.29. The molecule has 7 heteroatoms. The Kier molecular flexibility index (Phi) is 5.50. The van der Waals surface area contributed by atoms with E-state index in [0.717, 1.165) is 22.4 Å². The zero-order valence-corrected chi connectivity index (χ0v) is 19.6. The quantitative estimate of drug-likeness (QED) is 0.629. The van der Waals surface area contributed by atoms with Crippen LogP contribution < -0.4 is 10.6 Å². The first kappa shape index (κ1) is 22.6. The van der Waals surface area contributed by atoms with E-state index < -0.39 is 11.2 Å². The van der Waals surface area contributed by atoms with Crippen LogP contribution in [0, 0.1) is 6.92 Å². The molecule has 0 bridgehead atoms. The number of hydrogen-bond donors (Lipinski definition) is 1. The number of fused-ring (bicyclic) bond motifs is 1. The summed E-state index contributed by atoms with van der Waals surface area (Å²) in [5.74, 6) is 0.516. The molecule has 168 valence electrons. The van der Waals surface area contributed by atoms with Crippen molar-refractivity contribution in [3.8, 4) is 0 Å². The SMILES string of the molecule is Cc1ccc(N2C(=O)C(c3ccccc3)(c3ccccc3)N3C2=NC(N)=NC3(C)C)cc1.Cl. The number of halogens is 1. The molecule has 33 heavy (non-hydrogen) atoms. The second-order valence-electron chi connectivity index (χ2n) is 8.63. The molecule has 3 aromatic carbocycles. The molecular formula is C26H26ClN5O. The minimum atomic E-state index is -1.15. The van der Waals surface area contributed by atoms with Gasteiger partial charge in [0.15, 0.2) is 5.54 Å². The molecule has 1 saturated heterocycles. The maximum Gasteiger partial charge on any atom is 0.269 e. The van der Waals surface area contributed by atoms with E-state index in [0.29, 0.717) is 5.96 Å². The summed E-state index contributed by atoms with van der Waals surface area (Å²) in [5, 5.41) is 0. The Balaban J connectivity index is 0.00000259. The first-order chi connectivity index (χ1) is 15.4. The molecule has 0 atom stereocenters. The summed E-state index contributed by atoms with van der Waals surface area (Å²) < 4.78 is 0. The molecule has 2 heterocycles.